The molecular weight excluding hydrogens is 342 g/mol. The Bertz CT molecular complexity index is 493. The van der Waals surface area contributed by atoms with E-state index in [-0.39, 0.29) is 12.0 Å². The minimum Gasteiger partial charge on any atom is -0.368 e. The SMILES string of the molecule is CN=C(NCCN(C)C1CCCCC1)N1CCN(C(=O)C2CCCO2)CC1. The van der Waals surface area contributed by atoms with Crippen LogP contribution >= 0.6 is 0 Å². The van der Waals surface area contributed by atoms with Crippen LogP contribution in [0.25, 0.3) is 0 Å². The van der Waals surface area contributed by atoms with Crippen LogP contribution in [-0.2, 0) is 9.53 Å². The van der Waals surface area contributed by atoms with Gasteiger partial charge in [0.15, 0.2) is 5.96 Å². The third kappa shape index (κ3) is 5.57. The zero-order valence-corrected chi connectivity index (χ0v) is 17.2. The van der Waals surface area contributed by atoms with Gasteiger partial charge in [-0.15, -0.1) is 0 Å². The standard InChI is InChI=1S/C20H37N5O2/c1-21-20(22-10-11-23(2)17-7-4-3-5-8-17)25-14-12-24(13-15-25)19(26)18-9-6-16-27-18/h17-18H,3-16H2,1-2H3,(H,21,22). The van der Waals surface area contributed by atoms with E-state index in [0.29, 0.717) is 0 Å². The number of nitrogens with one attached hydrogen (secondary N) is 1. The number of guanidine groups is 1. The van der Waals surface area contributed by atoms with E-state index in [1.54, 1.807) is 0 Å². The predicted octanol–water partition coefficient (Wildman–Crippen LogP) is 1.15. The van der Waals surface area contributed by atoms with Crippen LogP contribution in [0.3, 0.4) is 0 Å². The fraction of sp³-hybridized carbons (Fsp3) is 0.900. The Balaban J connectivity index is 1.37. The zero-order valence-electron chi connectivity index (χ0n) is 17.2. The molecule has 2 aliphatic heterocycles. The largest absolute Gasteiger partial charge is 0.368 e. The molecule has 0 aromatic carbocycles. The lowest BCUT2D eigenvalue weighted by Gasteiger charge is -2.37. The average molecular weight is 380 g/mol. The van der Waals surface area contributed by atoms with Gasteiger partial charge in [-0.2, -0.15) is 0 Å². The number of ether oxygens (including phenoxy) is 1. The van der Waals surface area contributed by atoms with Crippen LogP contribution in [-0.4, -0.2) is 98.7 Å². The van der Waals surface area contributed by atoms with Crippen LogP contribution in [0.15, 0.2) is 4.99 Å². The smallest absolute Gasteiger partial charge is 0.251 e. The van der Waals surface area contributed by atoms with E-state index >= 15 is 0 Å². The highest BCUT2D eigenvalue weighted by Gasteiger charge is 2.30. The second-order valence-corrected chi connectivity index (χ2v) is 8.06. The van der Waals surface area contributed by atoms with Gasteiger partial charge >= 0.3 is 0 Å². The fourth-order valence-corrected chi connectivity index (χ4v) is 4.50. The van der Waals surface area contributed by atoms with E-state index in [1.165, 1.54) is 32.1 Å². The molecule has 7 nitrogen and oxygen atoms in total. The summed E-state index contributed by atoms with van der Waals surface area (Å²) in [4.78, 5) is 23.6. The highest BCUT2D eigenvalue weighted by Crippen LogP contribution is 2.21. The molecule has 154 valence electrons. The highest BCUT2D eigenvalue weighted by atomic mass is 16.5. The number of hydrogen-bond acceptors (Lipinski definition) is 4. The van der Waals surface area contributed by atoms with E-state index in [1.807, 2.05) is 11.9 Å². The molecular formula is C20H37N5O2. The van der Waals surface area contributed by atoms with E-state index in [2.05, 4.69) is 27.2 Å². The molecule has 27 heavy (non-hydrogen) atoms. The molecule has 3 fully saturated rings. The molecule has 1 unspecified atom stereocenters. The Labute approximate surface area is 164 Å². The molecule has 3 aliphatic rings. The molecule has 0 bridgehead atoms. The van der Waals surface area contributed by atoms with Gasteiger partial charge in [0.25, 0.3) is 5.91 Å². The van der Waals surface area contributed by atoms with Crippen LogP contribution in [0, 0.1) is 0 Å². The van der Waals surface area contributed by atoms with Gasteiger partial charge in [-0.25, -0.2) is 0 Å². The Hall–Kier alpha value is -1.34. The van der Waals surface area contributed by atoms with Gasteiger partial charge in [0.05, 0.1) is 0 Å². The van der Waals surface area contributed by atoms with E-state index < -0.39 is 0 Å². The van der Waals surface area contributed by atoms with E-state index in [0.717, 1.165) is 70.7 Å². The minimum atomic E-state index is -0.204. The Morgan fingerprint density at radius 2 is 1.78 bits per heavy atom. The number of amides is 1. The maximum atomic E-state index is 12.5. The van der Waals surface area contributed by atoms with Gasteiger partial charge in [-0.3, -0.25) is 9.79 Å². The molecule has 1 aliphatic carbocycles. The Kier molecular flexibility index (Phi) is 7.76. The lowest BCUT2D eigenvalue weighted by molar-refractivity contribution is -0.142. The molecule has 0 radical (unpaired) electrons. The number of nitrogens with zero attached hydrogens (tertiary/aromatic N) is 4. The minimum absolute atomic E-state index is 0.171. The molecule has 7 heteroatoms. The van der Waals surface area contributed by atoms with Crippen LogP contribution in [0.2, 0.25) is 0 Å². The lowest BCUT2D eigenvalue weighted by Crippen LogP contribution is -2.55. The van der Waals surface area contributed by atoms with Gasteiger partial charge < -0.3 is 24.8 Å². The normalized spacial score (nSPS) is 25.3. The number of likely N-dealkylation sites (N-methyl/N-ethyl adjacent to an activating group) is 1. The first-order valence-electron chi connectivity index (χ1n) is 10.8. The molecule has 3 rings (SSSR count). The average Bonchev–Trinajstić information content (AvgIpc) is 3.26. The molecule has 1 amide bonds. The van der Waals surface area contributed by atoms with Crippen LogP contribution in [0.4, 0.5) is 0 Å². The molecule has 1 saturated carbocycles. The summed E-state index contributed by atoms with van der Waals surface area (Å²) in [5.74, 6) is 1.13. The number of hydrogen-bond donors (Lipinski definition) is 1. The van der Waals surface area contributed by atoms with Crippen molar-refractivity contribution in [1.29, 1.82) is 0 Å². The number of carbonyl (C=O) groups excluding carboxylic acids is 1. The van der Waals surface area contributed by atoms with Crippen molar-refractivity contribution in [3.63, 3.8) is 0 Å². The van der Waals surface area contributed by atoms with E-state index in [9.17, 15) is 4.79 Å². The number of piperazine rings is 1. The number of rotatable bonds is 5. The molecule has 0 aromatic rings. The zero-order chi connectivity index (χ0) is 19.1. The molecule has 2 saturated heterocycles. The van der Waals surface area contributed by atoms with Crippen molar-refractivity contribution in [1.82, 2.24) is 20.0 Å². The Morgan fingerprint density at radius 1 is 1.07 bits per heavy atom. The third-order valence-electron chi connectivity index (χ3n) is 6.25. The lowest BCUT2D eigenvalue weighted by atomic mass is 9.94. The molecule has 1 N–H and O–H groups in total. The number of aliphatic imine (C=N–C) groups is 1. The van der Waals surface area contributed by atoms with E-state index in [4.69, 9.17) is 4.74 Å². The van der Waals surface area contributed by atoms with Crippen molar-refractivity contribution in [2.75, 3.05) is 60.0 Å². The third-order valence-corrected chi connectivity index (χ3v) is 6.25. The van der Waals surface area contributed by atoms with Gasteiger partial charge in [0, 0.05) is 59.0 Å². The van der Waals surface area contributed by atoms with Crippen LogP contribution in [0.5, 0.6) is 0 Å². The first-order valence-corrected chi connectivity index (χ1v) is 10.8. The first kappa shape index (κ1) is 20.4. The van der Waals surface area contributed by atoms with Gasteiger partial charge in [0.1, 0.15) is 6.10 Å². The van der Waals surface area contributed by atoms with Crippen molar-refractivity contribution >= 4 is 11.9 Å². The number of carbonyl (C=O) groups is 1. The summed E-state index contributed by atoms with van der Waals surface area (Å²) in [6.07, 6.45) is 8.50. The monoisotopic (exact) mass is 379 g/mol. The fourth-order valence-electron chi connectivity index (χ4n) is 4.50. The van der Waals surface area contributed by atoms with Crippen molar-refractivity contribution in [2.45, 2.75) is 57.1 Å². The van der Waals surface area contributed by atoms with Crippen LogP contribution < -0.4 is 5.32 Å². The summed E-state index contributed by atoms with van der Waals surface area (Å²) < 4.78 is 5.54. The van der Waals surface area contributed by atoms with Crippen molar-refractivity contribution < 1.29 is 9.53 Å². The van der Waals surface area contributed by atoms with Crippen molar-refractivity contribution in [3.05, 3.63) is 0 Å². The molecule has 0 spiro atoms. The second kappa shape index (κ2) is 10.3. The van der Waals surface area contributed by atoms with Crippen molar-refractivity contribution in [3.8, 4) is 0 Å². The maximum Gasteiger partial charge on any atom is 0.251 e. The highest BCUT2D eigenvalue weighted by molar-refractivity contribution is 5.82. The quantitative estimate of drug-likeness (QED) is 0.574. The Morgan fingerprint density at radius 3 is 2.41 bits per heavy atom. The summed E-state index contributed by atoms with van der Waals surface area (Å²) in [7, 11) is 4.09. The predicted molar refractivity (Wildman–Crippen MR) is 108 cm³/mol. The summed E-state index contributed by atoms with van der Waals surface area (Å²) >= 11 is 0. The second-order valence-electron chi connectivity index (χ2n) is 8.06. The molecule has 2 heterocycles. The molecule has 1 atom stereocenters. The summed E-state index contributed by atoms with van der Waals surface area (Å²) in [5, 5.41) is 3.51. The van der Waals surface area contributed by atoms with Gasteiger partial charge in [0.2, 0.25) is 0 Å². The van der Waals surface area contributed by atoms with Crippen LogP contribution in [0.1, 0.15) is 44.9 Å². The van der Waals surface area contributed by atoms with Gasteiger partial charge in [-0.1, -0.05) is 19.3 Å². The van der Waals surface area contributed by atoms with Crippen molar-refractivity contribution in [2.24, 2.45) is 4.99 Å². The molecule has 0 aromatic heterocycles. The first-order chi connectivity index (χ1) is 13.2. The summed E-state index contributed by atoms with van der Waals surface area (Å²) in [5.41, 5.74) is 0. The summed E-state index contributed by atoms with van der Waals surface area (Å²) in [6, 6.07) is 0.745. The maximum absolute atomic E-state index is 12.5. The van der Waals surface area contributed by atoms with Gasteiger partial charge in [-0.05, 0) is 32.7 Å². The topological polar surface area (TPSA) is 60.4 Å². The summed E-state index contributed by atoms with van der Waals surface area (Å²) in [6.45, 7) is 5.84.